The number of carbonyl (C=O) groups is 1. The normalized spacial score (nSPS) is 17.9. The van der Waals surface area contributed by atoms with Crippen LogP contribution < -0.4 is 4.74 Å². The minimum atomic E-state index is -0.916. The first-order valence-corrected chi connectivity index (χ1v) is 7.05. The smallest absolute Gasteiger partial charge is 0.407 e. The van der Waals surface area contributed by atoms with Crippen molar-refractivity contribution in [2.75, 3.05) is 19.7 Å². The van der Waals surface area contributed by atoms with Gasteiger partial charge in [0.25, 0.3) is 0 Å². The van der Waals surface area contributed by atoms with Gasteiger partial charge in [-0.3, -0.25) is 0 Å². The van der Waals surface area contributed by atoms with E-state index in [4.69, 9.17) is 26.7 Å². The quantitative estimate of drug-likeness (QED) is 0.838. The molecule has 0 unspecified atom stereocenters. The van der Waals surface area contributed by atoms with E-state index in [2.05, 4.69) is 20.9 Å². The standard InChI is InChI=1S/C12H11BrClN3O3/c13-8-3-10(9(4-15)16-11(8)14)20-6-7-1-2-17(5-7)12(18)19/h3,7H,1-2,5-6H2,(H,18,19)/t7-/m1/s1. The predicted molar refractivity (Wildman–Crippen MR) is 74.9 cm³/mol. The highest BCUT2D eigenvalue weighted by Crippen LogP contribution is 2.28. The second-order valence-corrected chi connectivity index (χ2v) is 5.63. The maximum absolute atomic E-state index is 10.8. The Morgan fingerprint density at radius 1 is 1.75 bits per heavy atom. The van der Waals surface area contributed by atoms with E-state index in [9.17, 15) is 4.79 Å². The molecular weight excluding hydrogens is 350 g/mol. The summed E-state index contributed by atoms with van der Waals surface area (Å²) in [6.45, 7) is 1.30. The Morgan fingerprint density at radius 3 is 3.10 bits per heavy atom. The van der Waals surface area contributed by atoms with Crippen molar-refractivity contribution in [3.63, 3.8) is 0 Å². The van der Waals surface area contributed by atoms with Crippen molar-refractivity contribution in [1.82, 2.24) is 9.88 Å². The summed E-state index contributed by atoms with van der Waals surface area (Å²) in [5.74, 6) is 0.463. The van der Waals surface area contributed by atoms with Crippen LogP contribution in [0.5, 0.6) is 5.75 Å². The van der Waals surface area contributed by atoms with Gasteiger partial charge in [0.05, 0.1) is 11.1 Å². The average Bonchev–Trinajstić information content (AvgIpc) is 2.88. The summed E-state index contributed by atoms with van der Waals surface area (Å²) in [6.07, 6.45) is -0.169. The Labute approximate surface area is 129 Å². The monoisotopic (exact) mass is 359 g/mol. The van der Waals surface area contributed by atoms with Crippen molar-refractivity contribution in [2.45, 2.75) is 6.42 Å². The fourth-order valence-electron chi connectivity index (χ4n) is 1.99. The Morgan fingerprint density at radius 2 is 2.50 bits per heavy atom. The highest BCUT2D eigenvalue weighted by atomic mass is 79.9. The molecule has 1 amide bonds. The minimum Gasteiger partial charge on any atom is -0.490 e. The second-order valence-electron chi connectivity index (χ2n) is 4.41. The van der Waals surface area contributed by atoms with E-state index in [0.717, 1.165) is 6.42 Å². The van der Waals surface area contributed by atoms with Crippen LogP contribution in [0.25, 0.3) is 0 Å². The third-order valence-corrected chi connectivity index (χ3v) is 4.16. The van der Waals surface area contributed by atoms with Crippen LogP contribution in [0, 0.1) is 17.2 Å². The topological polar surface area (TPSA) is 86.5 Å². The number of nitriles is 1. The van der Waals surface area contributed by atoms with E-state index in [-0.39, 0.29) is 16.8 Å². The number of likely N-dealkylation sites (tertiary alicyclic amines) is 1. The molecule has 0 bridgehead atoms. The van der Waals surface area contributed by atoms with Crippen LogP contribution >= 0.6 is 27.5 Å². The van der Waals surface area contributed by atoms with Gasteiger partial charge in [-0.2, -0.15) is 5.26 Å². The molecule has 1 aromatic rings. The van der Waals surface area contributed by atoms with Gasteiger partial charge in [0, 0.05) is 25.1 Å². The van der Waals surface area contributed by atoms with E-state index in [1.165, 1.54) is 4.90 Å². The number of carboxylic acid groups (broad SMARTS) is 1. The first-order valence-electron chi connectivity index (χ1n) is 5.88. The summed E-state index contributed by atoms with van der Waals surface area (Å²) >= 11 is 9.03. The number of nitrogens with zero attached hydrogens (tertiary/aromatic N) is 3. The molecule has 20 heavy (non-hydrogen) atoms. The molecular formula is C12H11BrClN3O3. The summed E-state index contributed by atoms with van der Waals surface area (Å²) in [5, 5.41) is 18.1. The molecule has 2 rings (SSSR count). The average molecular weight is 361 g/mol. The Kier molecular flexibility index (Phi) is 4.68. The number of hydrogen-bond acceptors (Lipinski definition) is 4. The molecule has 106 valence electrons. The number of amides is 1. The van der Waals surface area contributed by atoms with Gasteiger partial charge in [0.15, 0.2) is 11.4 Å². The van der Waals surface area contributed by atoms with Gasteiger partial charge < -0.3 is 14.7 Å². The van der Waals surface area contributed by atoms with Gasteiger partial charge in [0.2, 0.25) is 0 Å². The molecule has 0 aromatic carbocycles. The molecule has 0 spiro atoms. The first-order chi connectivity index (χ1) is 9.51. The predicted octanol–water partition coefficient (Wildman–Crippen LogP) is 2.75. The van der Waals surface area contributed by atoms with Crippen molar-refractivity contribution in [1.29, 1.82) is 5.26 Å². The van der Waals surface area contributed by atoms with E-state index >= 15 is 0 Å². The third kappa shape index (κ3) is 3.32. The minimum absolute atomic E-state index is 0.117. The molecule has 6 nitrogen and oxygen atoms in total. The number of pyridine rings is 1. The largest absolute Gasteiger partial charge is 0.490 e. The molecule has 8 heteroatoms. The van der Waals surface area contributed by atoms with Crippen LogP contribution in [0.15, 0.2) is 10.5 Å². The van der Waals surface area contributed by atoms with E-state index in [1.807, 2.05) is 6.07 Å². The molecule has 1 atom stereocenters. The van der Waals surface area contributed by atoms with E-state index in [1.54, 1.807) is 6.07 Å². The molecule has 0 aliphatic carbocycles. The van der Waals surface area contributed by atoms with Gasteiger partial charge in [-0.05, 0) is 22.4 Å². The van der Waals surface area contributed by atoms with Crippen molar-refractivity contribution in [2.24, 2.45) is 5.92 Å². The van der Waals surface area contributed by atoms with E-state index < -0.39 is 6.09 Å². The zero-order valence-corrected chi connectivity index (χ0v) is 12.7. The lowest BCUT2D eigenvalue weighted by molar-refractivity contribution is 0.151. The molecule has 1 aliphatic heterocycles. The van der Waals surface area contributed by atoms with Gasteiger partial charge >= 0.3 is 6.09 Å². The van der Waals surface area contributed by atoms with Crippen LogP contribution in [0.2, 0.25) is 5.15 Å². The summed E-state index contributed by atoms with van der Waals surface area (Å²) in [5.41, 5.74) is 0.117. The fourth-order valence-corrected chi connectivity index (χ4v) is 2.43. The third-order valence-electron chi connectivity index (χ3n) is 3.04. The maximum Gasteiger partial charge on any atom is 0.407 e. The van der Waals surface area contributed by atoms with Crippen molar-refractivity contribution in [3.8, 4) is 11.8 Å². The SMILES string of the molecule is N#Cc1nc(Cl)c(Br)cc1OC[C@@H]1CCN(C(=O)O)C1. The Bertz CT molecular complexity index is 576. The van der Waals surface area contributed by atoms with Crippen LogP contribution in [-0.2, 0) is 0 Å². The maximum atomic E-state index is 10.8. The van der Waals surface area contributed by atoms with Crippen LogP contribution in [0.1, 0.15) is 12.1 Å². The molecule has 1 saturated heterocycles. The lowest BCUT2D eigenvalue weighted by atomic mass is 10.1. The molecule has 1 aliphatic rings. The summed E-state index contributed by atoms with van der Waals surface area (Å²) in [6, 6.07) is 3.52. The number of aromatic nitrogens is 1. The highest BCUT2D eigenvalue weighted by Gasteiger charge is 2.26. The summed E-state index contributed by atoms with van der Waals surface area (Å²) in [7, 11) is 0. The molecule has 1 fully saturated rings. The summed E-state index contributed by atoms with van der Waals surface area (Å²) < 4.78 is 6.13. The number of hydrogen-bond donors (Lipinski definition) is 1. The number of ether oxygens (including phenoxy) is 1. The lowest BCUT2D eigenvalue weighted by Gasteiger charge is -2.14. The van der Waals surface area contributed by atoms with Gasteiger partial charge in [0.1, 0.15) is 11.2 Å². The molecule has 1 N–H and O–H groups in total. The van der Waals surface area contributed by atoms with Gasteiger partial charge in [-0.15, -0.1) is 0 Å². The lowest BCUT2D eigenvalue weighted by Crippen LogP contribution is -2.27. The zero-order valence-electron chi connectivity index (χ0n) is 10.3. The molecule has 0 saturated carbocycles. The van der Waals surface area contributed by atoms with Crippen LogP contribution in [-0.4, -0.2) is 40.8 Å². The van der Waals surface area contributed by atoms with Crippen LogP contribution in [0.3, 0.4) is 0 Å². The molecule has 1 aromatic heterocycles. The molecule has 0 radical (unpaired) electrons. The van der Waals surface area contributed by atoms with Crippen molar-refractivity contribution >= 4 is 33.6 Å². The number of halogens is 2. The zero-order chi connectivity index (χ0) is 14.7. The van der Waals surface area contributed by atoms with Crippen LogP contribution in [0.4, 0.5) is 4.79 Å². The Hall–Kier alpha value is -1.52. The van der Waals surface area contributed by atoms with E-state index in [0.29, 0.717) is 29.9 Å². The van der Waals surface area contributed by atoms with Crippen molar-refractivity contribution < 1.29 is 14.6 Å². The Balaban J connectivity index is 2.00. The highest BCUT2D eigenvalue weighted by molar-refractivity contribution is 9.10. The first kappa shape index (κ1) is 14.9. The second kappa shape index (κ2) is 6.29. The van der Waals surface area contributed by atoms with Gasteiger partial charge in [-0.25, -0.2) is 9.78 Å². The molecule has 2 heterocycles. The summed E-state index contributed by atoms with van der Waals surface area (Å²) in [4.78, 5) is 16.1. The van der Waals surface area contributed by atoms with Crippen molar-refractivity contribution in [3.05, 3.63) is 21.4 Å². The number of rotatable bonds is 3. The fraction of sp³-hybridized carbons (Fsp3) is 0.417. The van der Waals surface area contributed by atoms with Gasteiger partial charge in [-0.1, -0.05) is 11.6 Å².